The van der Waals surface area contributed by atoms with E-state index in [4.69, 9.17) is 5.26 Å². The van der Waals surface area contributed by atoms with Gasteiger partial charge < -0.3 is 5.32 Å². The van der Waals surface area contributed by atoms with Gasteiger partial charge in [-0.2, -0.15) is 5.26 Å². The molecule has 4 heteroatoms. The van der Waals surface area contributed by atoms with Gasteiger partial charge in [0.05, 0.1) is 11.3 Å². The molecule has 1 N–H and O–H groups in total. The third-order valence-electron chi connectivity index (χ3n) is 2.23. The summed E-state index contributed by atoms with van der Waals surface area (Å²) in [7, 11) is 0. The molecule has 0 aliphatic heterocycles. The Kier molecular flexibility index (Phi) is 3.40. The average Bonchev–Trinajstić information content (AvgIpc) is 2.32. The van der Waals surface area contributed by atoms with Crippen LogP contribution in [-0.4, -0.2) is 0 Å². The molecule has 0 atom stereocenters. The van der Waals surface area contributed by atoms with Gasteiger partial charge in [0.15, 0.2) is 0 Å². The predicted octanol–water partition coefficient (Wildman–Crippen LogP) is 4.20. The Morgan fingerprint density at radius 2 is 1.82 bits per heavy atom. The van der Waals surface area contributed by atoms with Crippen molar-refractivity contribution in [2.45, 2.75) is 0 Å². The van der Waals surface area contributed by atoms with Crippen molar-refractivity contribution in [2.24, 2.45) is 0 Å². The lowest BCUT2D eigenvalue weighted by molar-refractivity contribution is 0.628. The second kappa shape index (κ2) is 4.98. The van der Waals surface area contributed by atoms with Gasteiger partial charge >= 0.3 is 0 Å². The first-order chi connectivity index (χ1) is 8.19. The lowest BCUT2D eigenvalue weighted by Crippen LogP contribution is -1.93. The second-order valence-corrected chi connectivity index (χ2v) is 4.35. The highest BCUT2D eigenvalue weighted by molar-refractivity contribution is 9.10. The van der Waals surface area contributed by atoms with E-state index in [0.29, 0.717) is 11.3 Å². The summed E-state index contributed by atoms with van der Waals surface area (Å²) >= 11 is 3.34. The zero-order valence-corrected chi connectivity index (χ0v) is 10.3. The highest BCUT2D eigenvalue weighted by Crippen LogP contribution is 2.24. The number of rotatable bonds is 2. The van der Waals surface area contributed by atoms with Crippen LogP contribution in [0.1, 0.15) is 5.56 Å². The van der Waals surface area contributed by atoms with Crippen LogP contribution in [0.25, 0.3) is 0 Å². The standard InChI is InChI=1S/C13H8BrFN2/c14-10-2-1-9(8-16)13(7-10)17-12-5-3-11(15)4-6-12/h1-7,17H. The Morgan fingerprint density at radius 1 is 1.12 bits per heavy atom. The van der Waals surface area contributed by atoms with Crippen molar-refractivity contribution in [1.82, 2.24) is 0 Å². The van der Waals surface area contributed by atoms with Crippen LogP contribution in [0.2, 0.25) is 0 Å². The van der Waals surface area contributed by atoms with Crippen molar-refractivity contribution in [1.29, 1.82) is 5.26 Å². The summed E-state index contributed by atoms with van der Waals surface area (Å²) in [6.07, 6.45) is 0. The first-order valence-electron chi connectivity index (χ1n) is 4.91. The molecule has 17 heavy (non-hydrogen) atoms. The van der Waals surface area contributed by atoms with Gasteiger partial charge in [-0.05, 0) is 42.5 Å². The van der Waals surface area contributed by atoms with Crippen LogP contribution in [0.3, 0.4) is 0 Å². The Bertz CT molecular complexity index is 573. The molecule has 2 aromatic rings. The van der Waals surface area contributed by atoms with Crippen LogP contribution in [0, 0.1) is 17.1 Å². The summed E-state index contributed by atoms with van der Waals surface area (Å²) < 4.78 is 13.6. The fraction of sp³-hybridized carbons (Fsp3) is 0. The fourth-order valence-corrected chi connectivity index (χ4v) is 1.77. The molecule has 84 valence electrons. The van der Waals surface area contributed by atoms with Crippen molar-refractivity contribution in [2.75, 3.05) is 5.32 Å². The average molecular weight is 291 g/mol. The molecule has 0 spiro atoms. The molecule has 2 nitrogen and oxygen atoms in total. The molecule has 0 radical (unpaired) electrons. The van der Waals surface area contributed by atoms with E-state index < -0.39 is 0 Å². The lowest BCUT2D eigenvalue weighted by atomic mass is 10.2. The maximum absolute atomic E-state index is 12.7. The van der Waals surface area contributed by atoms with E-state index in [0.717, 1.165) is 10.2 Å². The van der Waals surface area contributed by atoms with Gasteiger partial charge in [0.1, 0.15) is 11.9 Å². The smallest absolute Gasteiger partial charge is 0.123 e. The molecule has 0 saturated carbocycles. The van der Waals surface area contributed by atoms with E-state index in [1.807, 2.05) is 6.07 Å². The number of nitrogens with one attached hydrogen (secondary N) is 1. The Morgan fingerprint density at radius 3 is 2.47 bits per heavy atom. The monoisotopic (exact) mass is 290 g/mol. The molecule has 0 aliphatic carbocycles. The third kappa shape index (κ3) is 2.83. The summed E-state index contributed by atoms with van der Waals surface area (Å²) in [4.78, 5) is 0. The second-order valence-electron chi connectivity index (χ2n) is 3.43. The molecule has 0 unspecified atom stereocenters. The fourth-order valence-electron chi connectivity index (χ4n) is 1.41. The zero-order chi connectivity index (χ0) is 12.3. The summed E-state index contributed by atoms with van der Waals surface area (Å²) in [6.45, 7) is 0. The Hall–Kier alpha value is -1.86. The van der Waals surface area contributed by atoms with E-state index in [1.54, 1.807) is 24.3 Å². The van der Waals surface area contributed by atoms with Gasteiger partial charge in [-0.1, -0.05) is 15.9 Å². The number of halogens is 2. The van der Waals surface area contributed by atoms with Crippen LogP contribution in [-0.2, 0) is 0 Å². The van der Waals surface area contributed by atoms with Gasteiger partial charge in [0, 0.05) is 10.2 Å². The SMILES string of the molecule is N#Cc1ccc(Br)cc1Nc1ccc(F)cc1. The summed E-state index contributed by atoms with van der Waals surface area (Å²) in [6, 6.07) is 13.4. The van der Waals surface area contributed by atoms with E-state index >= 15 is 0 Å². The molecule has 2 rings (SSSR count). The quantitative estimate of drug-likeness (QED) is 0.900. The minimum atomic E-state index is -0.287. The molecule has 0 bridgehead atoms. The largest absolute Gasteiger partial charge is 0.354 e. The number of anilines is 2. The molecule has 2 aromatic carbocycles. The van der Waals surface area contributed by atoms with Gasteiger partial charge in [-0.15, -0.1) is 0 Å². The Balaban J connectivity index is 2.32. The topological polar surface area (TPSA) is 35.8 Å². The van der Waals surface area contributed by atoms with Crippen molar-refractivity contribution < 1.29 is 4.39 Å². The van der Waals surface area contributed by atoms with Gasteiger partial charge in [-0.25, -0.2) is 4.39 Å². The first kappa shape index (κ1) is 11.6. The number of nitrogens with zero attached hydrogens (tertiary/aromatic N) is 1. The molecule has 0 aromatic heterocycles. The summed E-state index contributed by atoms with van der Waals surface area (Å²) in [5.41, 5.74) is 1.96. The molecule has 0 saturated heterocycles. The van der Waals surface area contributed by atoms with Crippen LogP contribution < -0.4 is 5.32 Å². The number of nitriles is 1. The first-order valence-corrected chi connectivity index (χ1v) is 5.70. The number of hydrogen-bond donors (Lipinski definition) is 1. The maximum Gasteiger partial charge on any atom is 0.123 e. The minimum absolute atomic E-state index is 0.287. The minimum Gasteiger partial charge on any atom is -0.354 e. The van der Waals surface area contributed by atoms with Crippen molar-refractivity contribution in [3.05, 3.63) is 58.3 Å². The van der Waals surface area contributed by atoms with E-state index in [9.17, 15) is 4.39 Å². The van der Waals surface area contributed by atoms with Crippen LogP contribution in [0.15, 0.2) is 46.9 Å². The van der Waals surface area contributed by atoms with Crippen LogP contribution >= 0.6 is 15.9 Å². The normalized spacial score (nSPS) is 9.71. The van der Waals surface area contributed by atoms with Crippen LogP contribution in [0.4, 0.5) is 15.8 Å². The zero-order valence-electron chi connectivity index (χ0n) is 8.74. The molecule has 0 fully saturated rings. The molecule has 0 heterocycles. The van der Waals surface area contributed by atoms with Gasteiger partial charge in [0.2, 0.25) is 0 Å². The number of benzene rings is 2. The van der Waals surface area contributed by atoms with Gasteiger partial charge in [0.25, 0.3) is 0 Å². The summed E-state index contributed by atoms with van der Waals surface area (Å²) in [5, 5.41) is 12.0. The lowest BCUT2D eigenvalue weighted by Gasteiger charge is -2.08. The molecular weight excluding hydrogens is 283 g/mol. The van der Waals surface area contributed by atoms with Crippen molar-refractivity contribution in [3.63, 3.8) is 0 Å². The molecular formula is C13H8BrFN2. The third-order valence-corrected chi connectivity index (χ3v) is 2.72. The van der Waals surface area contributed by atoms with E-state index in [1.165, 1.54) is 12.1 Å². The van der Waals surface area contributed by atoms with E-state index in [2.05, 4.69) is 27.3 Å². The highest BCUT2D eigenvalue weighted by atomic mass is 79.9. The highest BCUT2D eigenvalue weighted by Gasteiger charge is 2.03. The van der Waals surface area contributed by atoms with Gasteiger partial charge in [-0.3, -0.25) is 0 Å². The Labute approximate surface area is 107 Å². The van der Waals surface area contributed by atoms with Crippen molar-refractivity contribution in [3.8, 4) is 6.07 Å². The van der Waals surface area contributed by atoms with Crippen molar-refractivity contribution >= 4 is 27.3 Å². The summed E-state index contributed by atoms with van der Waals surface area (Å²) in [5.74, 6) is -0.287. The molecule has 0 amide bonds. The predicted molar refractivity (Wildman–Crippen MR) is 68.5 cm³/mol. The molecule has 0 aliphatic rings. The van der Waals surface area contributed by atoms with E-state index in [-0.39, 0.29) is 5.82 Å². The maximum atomic E-state index is 12.7. The number of hydrogen-bond acceptors (Lipinski definition) is 2. The van der Waals surface area contributed by atoms with Crippen LogP contribution in [0.5, 0.6) is 0 Å².